The van der Waals surface area contributed by atoms with Crippen LogP contribution in [-0.2, 0) is 19.6 Å². The molecule has 0 spiro atoms. The van der Waals surface area contributed by atoms with E-state index in [0.29, 0.717) is 26.3 Å². The van der Waals surface area contributed by atoms with Crippen molar-refractivity contribution in [2.24, 2.45) is 0 Å². The van der Waals surface area contributed by atoms with Crippen molar-refractivity contribution in [3.05, 3.63) is 58.3 Å². The first-order chi connectivity index (χ1) is 14.1. The molecule has 2 aliphatic heterocycles. The van der Waals surface area contributed by atoms with Crippen molar-refractivity contribution in [2.75, 3.05) is 32.8 Å². The molecule has 29 heavy (non-hydrogen) atoms. The van der Waals surface area contributed by atoms with Gasteiger partial charge in [0.15, 0.2) is 0 Å². The number of hydrogen-bond acceptors (Lipinski definition) is 5. The summed E-state index contributed by atoms with van der Waals surface area (Å²) < 4.78 is 32.0. The number of hydrogen-bond donors (Lipinski definition) is 0. The summed E-state index contributed by atoms with van der Waals surface area (Å²) in [6.07, 6.45) is 5.33. The summed E-state index contributed by atoms with van der Waals surface area (Å²) in [4.78, 5) is 16.1. The third-order valence-corrected chi connectivity index (χ3v) is 8.20. The Balaban J connectivity index is 1.43. The van der Waals surface area contributed by atoms with Gasteiger partial charge in [0.25, 0.3) is 0 Å². The molecule has 6 nitrogen and oxygen atoms in total. The molecule has 1 aromatic heterocycles. The van der Waals surface area contributed by atoms with Gasteiger partial charge in [0.05, 0.1) is 24.2 Å². The van der Waals surface area contributed by atoms with Crippen molar-refractivity contribution in [1.82, 2.24) is 9.21 Å². The molecule has 0 radical (unpaired) electrons. The monoisotopic (exact) mass is 432 g/mol. The first-order valence-corrected chi connectivity index (χ1v) is 12.1. The third kappa shape index (κ3) is 4.45. The molecular weight excluding hydrogens is 408 g/mol. The summed E-state index contributed by atoms with van der Waals surface area (Å²) in [6.45, 7) is 2.36. The van der Waals surface area contributed by atoms with Crippen LogP contribution in [0.1, 0.15) is 29.3 Å². The minimum Gasteiger partial charge on any atom is -0.379 e. The number of likely N-dealkylation sites (tertiary alicyclic amines) is 1. The van der Waals surface area contributed by atoms with Gasteiger partial charge in [-0.1, -0.05) is 18.2 Å². The van der Waals surface area contributed by atoms with E-state index in [1.807, 2.05) is 16.3 Å². The number of amides is 1. The Hall–Kier alpha value is -2.00. The second-order valence-electron chi connectivity index (χ2n) is 7.12. The number of rotatable bonds is 5. The topological polar surface area (TPSA) is 66.9 Å². The van der Waals surface area contributed by atoms with E-state index in [1.54, 1.807) is 47.8 Å². The van der Waals surface area contributed by atoms with Crippen LogP contribution >= 0.6 is 11.3 Å². The Morgan fingerprint density at radius 1 is 1.10 bits per heavy atom. The van der Waals surface area contributed by atoms with Gasteiger partial charge in [-0.25, -0.2) is 8.42 Å². The highest BCUT2D eigenvalue weighted by Crippen LogP contribution is 2.34. The van der Waals surface area contributed by atoms with Crippen molar-refractivity contribution < 1.29 is 17.9 Å². The largest absolute Gasteiger partial charge is 0.379 e. The number of benzene rings is 1. The number of carbonyl (C=O) groups excluding carboxylic acids is 1. The zero-order chi connectivity index (χ0) is 20.3. The quantitative estimate of drug-likeness (QED) is 0.681. The van der Waals surface area contributed by atoms with Crippen molar-refractivity contribution >= 4 is 33.3 Å². The molecule has 8 heteroatoms. The predicted octanol–water partition coefficient (Wildman–Crippen LogP) is 3.15. The Labute approximate surface area is 175 Å². The maximum atomic E-state index is 12.7. The molecule has 3 heterocycles. The van der Waals surface area contributed by atoms with E-state index in [4.69, 9.17) is 4.74 Å². The Kier molecular flexibility index (Phi) is 6.15. The molecule has 1 amide bonds. The molecule has 0 aliphatic carbocycles. The van der Waals surface area contributed by atoms with Crippen LogP contribution < -0.4 is 0 Å². The van der Waals surface area contributed by atoms with Gasteiger partial charge >= 0.3 is 0 Å². The number of sulfonamides is 1. The number of thiophene rings is 1. The number of ether oxygens (including phenoxy) is 1. The second-order valence-corrected chi connectivity index (χ2v) is 10.0. The Morgan fingerprint density at radius 2 is 1.86 bits per heavy atom. The van der Waals surface area contributed by atoms with Crippen LogP contribution in [0.4, 0.5) is 0 Å². The fraction of sp³-hybridized carbons (Fsp3) is 0.381. The van der Waals surface area contributed by atoms with Crippen LogP contribution in [0.15, 0.2) is 52.7 Å². The third-order valence-electron chi connectivity index (χ3n) is 5.31. The van der Waals surface area contributed by atoms with Crippen LogP contribution in [0.3, 0.4) is 0 Å². The van der Waals surface area contributed by atoms with Crippen molar-refractivity contribution in [2.45, 2.75) is 23.8 Å². The van der Waals surface area contributed by atoms with E-state index in [-0.39, 0.29) is 16.8 Å². The minimum absolute atomic E-state index is 0.00841. The zero-order valence-electron chi connectivity index (χ0n) is 16.1. The molecule has 1 aromatic carbocycles. The van der Waals surface area contributed by atoms with Gasteiger partial charge in [-0.2, -0.15) is 4.31 Å². The molecule has 4 rings (SSSR count). The summed E-state index contributed by atoms with van der Waals surface area (Å²) in [5.41, 5.74) is 0.797. The molecule has 2 aliphatic rings. The maximum Gasteiger partial charge on any atom is 0.247 e. The molecular formula is C21H24N2O4S2. The first-order valence-electron chi connectivity index (χ1n) is 9.76. The predicted molar refractivity (Wildman–Crippen MR) is 113 cm³/mol. The highest BCUT2D eigenvalue weighted by atomic mass is 32.2. The van der Waals surface area contributed by atoms with Crippen LogP contribution in [0.5, 0.6) is 0 Å². The van der Waals surface area contributed by atoms with Crippen molar-refractivity contribution in [1.29, 1.82) is 0 Å². The number of nitrogens with zero attached hydrogens (tertiary/aromatic N) is 2. The van der Waals surface area contributed by atoms with E-state index in [1.165, 1.54) is 9.18 Å². The Bertz CT molecular complexity index is 963. The molecule has 2 fully saturated rings. The molecule has 0 bridgehead atoms. The van der Waals surface area contributed by atoms with E-state index < -0.39 is 10.0 Å². The molecule has 0 saturated carbocycles. The molecule has 1 atom stereocenters. The van der Waals surface area contributed by atoms with Crippen molar-refractivity contribution in [3.8, 4) is 0 Å². The van der Waals surface area contributed by atoms with E-state index >= 15 is 0 Å². The molecule has 0 N–H and O–H groups in total. The minimum atomic E-state index is -3.50. The smallest absolute Gasteiger partial charge is 0.247 e. The van der Waals surface area contributed by atoms with E-state index in [0.717, 1.165) is 24.9 Å². The lowest BCUT2D eigenvalue weighted by Gasteiger charge is -2.26. The average Bonchev–Trinajstić information content (AvgIpc) is 3.44. The lowest BCUT2D eigenvalue weighted by molar-refractivity contribution is -0.126. The lowest BCUT2D eigenvalue weighted by atomic mass is 10.2. The molecule has 2 aromatic rings. The van der Waals surface area contributed by atoms with Gasteiger partial charge in [0.1, 0.15) is 0 Å². The Morgan fingerprint density at radius 3 is 2.55 bits per heavy atom. The SMILES string of the molecule is O=C(/C=C/c1ccc(S(=O)(=O)N2CCOCC2)cc1)N1CCCC1c1cccs1. The maximum absolute atomic E-state index is 12.7. The first kappa shape index (κ1) is 20.3. The van der Waals surface area contributed by atoms with Gasteiger partial charge in [-0.05, 0) is 48.1 Å². The second kappa shape index (κ2) is 8.79. The van der Waals surface area contributed by atoms with Crippen LogP contribution in [0.25, 0.3) is 6.08 Å². The van der Waals surface area contributed by atoms with Crippen LogP contribution in [0.2, 0.25) is 0 Å². The summed E-state index contributed by atoms with van der Waals surface area (Å²) >= 11 is 1.68. The molecule has 1 unspecified atom stereocenters. The fourth-order valence-corrected chi connectivity index (χ4v) is 6.04. The van der Waals surface area contributed by atoms with Crippen LogP contribution in [-0.4, -0.2) is 56.4 Å². The summed E-state index contributed by atoms with van der Waals surface area (Å²) in [5.74, 6) is -0.00841. The van der Waals surface area contributed by atoms with E-state index in [2.05, 4.69) is 6.07 Å². The number of morpholine rings is 1. The summed E-state index contributed by atoms with van der Waals surface area (Å²) in [7, 11) is -3.50. The van der Waals surface area contributed by atoms with Crippen LogP contribution in [0, 0.1) is 0 Å². The average molecular weight is 433 g/mol. The standard InChI is InChI=1S/C21H24N2O4S2/c24-21(23-11-1-3-19(23)20-4-2-16-28-20)10-7-17-5-8-18(9-6-17)29(25,26)22-12-14-27-15-13-22/h2,4-10,16,19H,1,3,11-15H2/b10-7+. The zero-order valence-corrected chi connectivity index (χ0v) is 17.7. The highest BCUT2D eigenvalue weighted by Gasteiger charge is 2.29. The van der Waals surface area contributed by atoms with Gasteiger partial charge in [-0.3, -0.25) is 4.79 Å². The van der Waals surface area contributed by atoms with Gasteiger partial charge in [0.2, 0.25) is 15.9 Å². The van der Waals surface area contributed by atoms with Crippen molar-refractivity contribution in [3.63, 3.8) is 0 Å². The number of carbonyl (C=O) groups is 1. The lowest BCUT2D eigenvalue weighted by Crippen LogP contribution is -2.40. The highest BCUT2D eigenvalue weighted by molar-refractivity contribution is 7.89. The fourth-order valence-electron chi connectivity index (χ4n) is 3.76. The van der Waals surface area contributed by atoms with Gasteiger partial charge in [-0.15, -0.1) is 11.3 Å². The molecule has 2 saturated heterocycles. The normalized spacial score (nSPS) is 21.1. The van der Waals surface area contributed by atoms with E-state index in [9.17, 15) is 13.2 Å². The summed E-state index contributed by atoms with van der Waals surface area (Å²) in [6, 6.07) is 10.9. The van der Waals surface area contributed by atoms with Gasteiger partial charge < -0.3 is 9.64 Å². The van der Waals surface area contributed by atoms with Gasteiger partial charge in [0, 0.05) is 30.6 Å². The molecule has 154 valence electrons. The summed E-state index contributed by atoms with van der Waals surface area (Å²) in [5, 5.41) is 2.04.